The highest BCUT2D eigenvalue weighted by Crippen LogP contribution is 2.38. The largest absolute Gasteiger partial charge is 0.460 e. The van der Waals surface area contributed by atoms with Crippen molar-refractivity contribution in [1.29, 1.82) is 0 Å². The summed E-state index contributed by atoms with van der Waals surface area (Å²) in [6.07, 6.45) is 10.3. The van der Waals surface area contributed by atoms with Crippen molar-refractivity contribution in [2.24, 2.45) is 35.5 Å². The number of methoxy groups -OCH3 is 3. The third kappa shape index (κ3) is 15.4. The minimum Gasteiger partial charge on any atom is -0.460 e. The number of cyclic esters (lactones) is 1. The number of rotatable bonds is 9. The topological polar surface area (TPSA) is 205 Å². The predicted octanol–water partition coefficient (Wildman–Crippen LogP) is 6.42. The van der Waals surface area contributed by atoms with E-state index in [1.165, 1.54) is 12.0 Å². The molecular weight excluding hydrogens is 875 g/mol. The second kappa shape index (κ2) is 27.5. The first kappa shape index (κ1) is 57.4. The van der Waals surface area contributed by atoms with Crippen LogP contribution in [0.5, 0.6) is 0 Å². The zero-order valence-corrected chi connectivity index (χ0v) is 42.7. The van der Waals surface area contributed by atoms with Crippen LogP contribution in [0, 0.1) is 35.5 Å². The number of nitrogens with zero attached hydrogens (tertiary/aromatic N) is 1. The van der Waals surface area contributed by atoms with Gasteiger partial charge in [-0.15, -0.1) is 0 Å². The van der Waals surface area contributed by atoms with E-state index < -0.39 is 77.8 Å². The van der Waals surface area contributed by atoms with Crippen molar-refractivity contribution in [3.8, 4) is 0 Å². The van der Waals surface area contributed by atoms with Crippen molar-refractivity contribution in [2.45, 2.75) is 193 Å². The zero-order chi connectivity index (χ0) is 50.3. The van der Waals surface area contributed by atoms with Crippen molar-refractivity contribution < 1.29 is 67.7 Å². The van der Waals surface area contributed by atoms with Gasteiger partial charge in [0.05, 0.1) is 37.6 Å². The van der Waals surface area contributed by atoms with Gasteiger partial charge in [0.2, 0.25) is 5.79 Å². The molecule has 0 radical (unpaired) electrons. The van der Waals surface area contributed by atoms with E-state index in [1.54, 1.807) is 41.1 Å². The Balaban J connectivity index is 1.68. The monoisotopic (exact) mass is 960 g/mol. The van der Waals surface area contributed by atoms with Crippen molar-refractivity contribution >= 4 is 29.2 Å². The number of carbonyl (C=O) groups is 5. The summed E-state index contributed by atoms with van der Waals surface area (Å²) in [7, 11) is 4.61. The lowest BCUT2D eigenvalue weighted by molar-refractivity contribution is -0.265. The van der Waals surface area contributed by atoms with Crippen LogP contribution < -0.4 is 0 Å². The summed E-state index contributed by atoms with van der Waals surface area (Å²) in [6, 6.07) is -1.14. The molecule has 15 nitrogen and oxygen atoms in total. The van der Waals surface area contributed by atoms with E-state index in [4.69, 9.17) is 28.4 Å². The summed E-state index contributed by atoms with van der Waals surface area (Å²) in [6.45, 7) is 13.1. The molecule has 0 aromatic rings. The van der Waals surface area contributed by atoms with Gasteiger partial charge < -0.3 is 48.6 Å². The Hall–Kier alpha value is -3.15. The molecule has 0 aromatic carbocycles. The minimum absolute atomic E-state index is 0.0900. The average Bonchev–Trinajstić information content (AvgIpc) is 3.32. The first-order valence-corrected chi connectivity index (χ1v) is 25.3. The van der Waals surface area contributed by atoms with E-state index in [9.17, 15) is 39.3 Å². The molecule has 1 amide bonds. The number of carbonyl (C=O) groups excluding carboxylic acids is 5. The quantitative estimate of drug-likeness (QED) is 0.130. The second-order valence-electron chi connectivity index (χ2n) is 20.5. The number of piperidine rings is 1. The van der Waals surface area contributed by atoms with E-state index in [2.05, 4.69) is 13.0 Å². The van der Waals surface area contributed by atoms with Gasteiger partial charge in [-0.05, 0) is 120 Å². The van der Waals surface area contributed by atoms with Gasteiger partial charge in [-0.1, -0.05) is 58.9 Å². The fourth-order valence-electron chi connectivity index (χ4n) is 10.8. The van der Waals surface area contributed by atoms with Crippen LogP contribution in [0.15, 0.2) is 35.5 Å². The van der Waals surface area contributed by atoms with Crippen LogP contribution >= 0.6 is 0 Å². The van der Waals surface area contributed by atoms with Crippen molar-refractivity contribution in [2.75, 3.05) is 41.1 Å². The molecule has 3 aliphatic heterocycles. The molecule has 4 rings (SSSR count). The van der Waals surface area contributed by atoms with Crippen LogP contribution in [0.25, 0.3) is 0 Å². The molecular formula is C53H85NO14. The molecule has 0 unspecified atom stereocenters. The maximum Gasteiger partial charge on any atom is 0.329 e. The van der Waals surface area contributed by atoms with Crippen LogP contribution in [0.2, 0.25) is 0 Å². The molecule has 68 heavy (non-hydrogen) atoms. The van der Waals surface area contributed by atoms with Crippen molar-refractivity contribution in [3.05, 3.63) is 35.5 Å². The second-order valence-corrected chi connectivity index (χ2v) is 20.5. The molecule has 2 saturated heterocycles. The standard InChI is InChI=1S/C53H85NO14/c1-32-16-12-11-13-17-33(2)44(63-8)30-40-21-19-38(7)53(62,68-40)50(59)51(60)54-23-15-14-18-41(54)52(61)67-45(35(4)28-39-20-22-43(66-25-24-55)46(29-39)64-9)31-42(56)34(3)27-37(6)48(58)49(65-10)47(57)36(5)26-32/h11,13,17,27,32,34-36,38-41,43-46,48-49,55,58,62H,12,14-16,18-26,28-31H2,1-10H3/b13-11+,33-17+,37-27+/t32-,34-,35-,36-,38-,39+,40+,41+,43-,44+,45+,46-,48-,49+,53-/m1/s1. The summed E-state index contributed by atoms with van der Waals surface area (Å²) >= 11 is 0. The van der Waals surface area contributed by atoms with Crippen molar-refractivity contribution in [1.82, 2.24) is 4.90 Å². The molecule has 386 valence electrons. The normalized spacial score (nSPS) is 38.9. The number of aliphatic hydroxyl groups excluding tert-OH is 2. The summed E-state index contributed by atoms with van der Waals surface area (Å²) in [5.74, 6) is -7.64. The third-order valence-corrected chi connectivity index (χ3v) is 15.2. The van der Waals surface area contributed by atoms with E-state index in [-0.39, 0.29) is 74.1 Å². The number of hydrogen-bond donors (Lipinski definition) is 3. The highest BCUT2D eigenvalue weighted by molar-refractivity contribution is 6.39. The summed E-state index contributed by atoms with van der Waals surface area (Å²) < 4.78 is 35.6. The number of aliphatic hydroxyl groups is 3. The minimum atomic E-state index is -2.42. The van der Waals surface area contributed by atoms with E-state index in [0.717, 1.165) is 24.8 Å². The number of esters is 1. The van der Waals surface area contributed by atoms with Gasteiger partial charge in [0.15, 0.2) is 5.78 Å². The molecule has 3 N–H and O–H groups in total. The van der Waals surface area contributed by atoms with Crippen LogP contribution in [-0.4, -0.2) is 145 Å². The Morgan fingerprint density at radius 1 is 0.868 bits per heavy atom. The Kier molecular flexibility index (Phi) is 23.2. The molecule has 4 aliphatic rings. The molecule has 3 fully saturated rings. The van der Waals surface area contributed by atoms with E-state index in [0.29, 0.717) is 63.4 Å². The Morgan fingerprint density at radius 2 is 1.60 bits per heavy atom. The Bertz CT molecular complexity index is 1760. The van der Waals surface area contributed by atoms with Crippen LogP contribution in [0.1, 0.15) is 138 Å². The number of fused-ring (bicyclic) bond motifs is 3. The zero-order valence-electron chi connectivity index (χ0n) is 42.7. The molecule has 1 aliphatic carbocycles. The summed E-state index contributed by atoms with van der Waals surface area (Å²) in [5, 5.41) is 32.8. The third-order valence-electron chi connectivity index (χ3n) is 15.2. The number of hydrogen-bond acceptors (Lipinski definition) is 14. The maximum absolute atomic E-state index is 14.5. The highest BCUT2D eigenvalue weighted by atomic mass is 16.6. The van der Waals surface area contributed by atoms with E-state index >= 15 is 0 Å². The Labute approximate surface area is 405 Å². The van der Waals surface area contributed by atoms with Crippen molar-refractivity contribution in [3.63, 3.8) is 0 Å². The van der Waals surface area contributed by atoms with Gasteiger partial charge in [-0.2, -0.15) is 0 Å². The van der Waals surface area contributed by atoms with Gasteiger partial charge in [0, 0.05) is 58.5 Å². The van der Waals surface area contributed by atoms with Gasteiger partial charge in [0.25, 0.3) is 11.7 Å². The fraction of sp³-hybridized carbons (Fsp3) is 0.792. The van der Waals surface area contributed by atoms with E-state index in [1.807, 2.05) is 32.9 Å². The van der Waals surface area contributed by atoms with Crippen LogP contribution in [-0.2, 0) is 52.4 Å². The lowest BCUT2D eigenvalue weighted by atomic mass is 9.78. The number of amides is 1. The average molecular weight is 960 g/mol. The number of ketones is 3. The van der Waals surface area contributed by atoms with Crippen LogP contribution in [0.4, 0.5) is 0 Å². The molecule has 3 heterocycles. The molecule has 2 bridgehead atoms. The summed E-state index contributed by atoms with van der Waals surface area (Å²) in [5.41, 5.74) is 1.31. The SMILES string of the molecule is CO[C@H]1C[C@@H]2CC[C@@H](C)[C@@](O)(O2)C(=O)C(=O)N2CCCC[C@H]2C(=O)O[C@H]([C@H](C)C[C@@H]2CC[C@@H](OCCO)[C@H](OC)C2)CC(=O)[C@H](C)/C=C(\C)[C@@H](O)[C@@H](OC)C(=O)[C@H](C)C[C@H](C)CC/C=C/C=C/1C. The highest BCUT2D eigenvalue weighted by Gasteiger charge is 2.53. The fourth-order valence-corrected chi connectivity index (χ4v) is 10.8. The van der Waals surface area contributed by atoms with Gasteiger partial charge in [0.1, 0.15) is 30.1 Å². The molecule has 0 spiro atoms. The molecule has 0 aromatic heterocycles. The molecule has 15 atom stereocenters. The first-order valence-electron chi connectivity index (χ1n) is 25.3. The summed E-state index contributed by atoms with van der Waals surface area (Å²) in [4.78, 5) is 72.2. The maximum atomic E-state index is 14.5. The smallest absolute Gasteiger partial charge is 0.329 e. The van der Waals surface area contributed by atoms with Crippen LogP contribution in [0.3, 0.4) is 0 Å². The molecule has 15 heteroatoms. The lowest BCUT2D eigenvalue weighted by Gasteiger charge is -2.42. The first-order chi connectivity index (χ1) is 32.3. The molecule has 1 saturated carbocycles. The van der Waals surface area contributed by atoms with Gasteiger partial charge >= 0.3 is 5.97 Å². The number of Topliss-reactive ketones (excluding diaryl/α,β-unsaturated/α-hetero) is 3. The number of allylic oxidation sites excluding steroid dienone is 4. The van der Waals surface area contributed by atoms with Gasteiger partial charge in [-0.3, -0.25) is 19.2 Å². The predicted molar refractivity (Wildman–Crippen MR) is 256 cm³/mol. The lowest BCUT2D eigenvalue weighted by Crippen LogP contribution is -2.61. The number of ether oxygens (including phenoxy) is 6. The Morgan fingerprint density at radius 3 is 2.28 bits per heavy atom. The van der Waals surface area contributed by atoms with Gasteiger partial charge in [-0.25, -0.2) is 4.79 Å².